The molecule has 1 saturated heterocycles. The van der Waals surface area contributed by atoms with Crippen LogP contribution in [0.5, 0.6) is 11.5 Å². The van der Waals surface area contributed by atoms with Crippen LogP contribution < -0.4 is 20.3 Å². The molecule has 0 saturated carbocycles. The topological polar surface area (TPSA) is 59.6 Å². The first-order valence-corrected chi connectivity index (χ1v) is 8.34. The smallest absolute Gasteiger partial charge is 0.234 e. The van der Waals surface area contributed by atoms with Crippen LogP contribution in [0.15, 0.2) is 23.1 Å². The van der Waals surface area contributed by atoms with Gasteiger partial charge in [0, 0.05) is 12.5 Å². The maximum absolute atomic E-state index is 11.3. The number of rotatable bonds is 5. The van der Waals surface area contributed by atoms with E-state index in [0.717, 1.165) is 22.0 Å². The number of hydrogen-bond donors (Lipinski definition) is 2. The Morgan fingerprint density at radius 3 is 2.41 bits per heavy atom. The highest BCUT2D eigenvalue weighted by Gasteiger charge is 2.23. The molecule has 120 valence electrons. The molecule has 2 unspecified atom stereocenters. The molecule has 1 amide bonds. The summed E-state index contributed by atoms with van der Waals surface area (Å²) < 4.78 is 10.9. The summed E-state index contributed by atoms with van der Waals surface area (Å²) in [6.07, 6.45) is 6.59. The number of carbonyl (C=O) groups excluding carboxylic acids is 1. The van der Waals surface area contributed by atoms with Crippen LogP contribution in [-0.4, -0.2) is 32.4 Å². The lowest BCUT2D eigenvalue weighted by molar-refractivity contribution is -0.125. The molecule has 1 fully saturated rings. The van der Waals surface area contributed by atoms with Crippen LogP contribution in [0.1, 0.15) is 18.9 Å². The van der Waals surface area contributed by atoms with Crippen molar-refractivity contribution in [1.29, 1.82) is 0 Å². The fourth-order valence-corrected chi connectivity index (χ4v) is 3.11. The molecule has 22 heavy (non-hydrogen) atoms. The van der Waals surface area contributed by atoms with Crippen LogP contribution in [0.2, 0.25) is 0 Å². The van der Waals surface area contributed by atoms with Gasteiger partial charge in [-0.1, -0.05) is 19.1 Å². The van der Waals surface area contributed by atoms with E-state index in [1.54, 1.807) is 26.0 Å². The van der Waals surface area contributed by atoms with Gasteiger partial charge in [-0.15, -0.1) is 11.8 Å². The van der Waals surface area contributed by atoms with Crippen LogP contribution in [0.3, 0.4) is 0 Å². The van der Waals surface area contributed by atoms with Gasteiger partial charge in [0.2, 0.25) is 5.91 Å². The number of benzene rings is 1. The highest BCUT2D eigenvalue weighted by molar-refractivity contribution is 7.98. The first-order valence-electron chi connectivity index (χ1n) is 7.11. The maximum atomic E-state index is 11.3. The Morgan fingerprint density at radius 2 is 1.91 bits per heavy atom. The van der Waals surface area contributed by atoms with Gasteiger partial charge in [-0.25, -0.2) is 5.43 Å². The first-order chi connectivity index (χ1) is 10.6. The number of ether oxygens (including phenoxy) is 2. The van der Waals surface area contributed by atoms with Crippen LogP contribution >= 0.6 is 11.8 Å². The number of nitrogens with one attached hydrogen (secondary N) is 2. The van der Waals surface area contributed by atoms with Gasteiger partial charge in [-0.05, 0) is 29.9 Å². The fourth-order valence-electron chi connectivity index (χ4n) is 2.43. The summed E-state index contributed by atoms with van der Waals surface area (Å²) in [4.78, 5) is 12.3. The van der Waals surface area contributed by atoms with E-state index < -0.39 is 0 Å². The lowest BCUT2D eigenvalue weighted by Gasteiger charge is -2.27. The molecule has 6 heteroatoms. The van der Waals surface area contributed by atoms with Crippen molar-refractivity contribution in [3.05, 3.63) is 23.8 Å². The van der Waals surface area contributed by atoms with Crippen molar-refractivity contribution < 1.29 is 14.3 Å². The van der Waals surface area contributed by atoms with E-state index in [4.69, 9.17) is 9.47 Å². The van der Waals surface area contributed by atoms with Crippen molar-refractivity contribution in [2.75, 3.05) is 20.5 Å². The SMILES string of the molecule is COc1cc(/C=C/C2NNC(=O)CC2C)cc(OC)c1SC. The lowest BCUT2D eigenvalue weighted by atomic mass is 9.96. The Balaban J connectivity index is 2.22. The second-order valence-electron chi connectivity index (χ2n) is 5.22. The van der Waals surface area contributed by atoms with E-state index in [2.05, 4.69) is 23.9 Å². The minimum absolute atomic E-state index is 0.0322. The minimum Gasteiger partial charge on any atom is -0.495 e. The second-order valence-corrected chi connectivity index (χ2v) is 6.03. The summed E-state index contributed by atoms with van der Waals surface area (Å²) in [5.74, 6) is 1.87. The fraction of sp³-hybridized carbons (Fsp3) is 0.438. The molecule has 0 radical (unpaired) electrons. The molecule has 2 atom stereocenters. The molecule has 1 aliphatic heterocycles. The molecule has 0 spiro atoms. The molecule has 0 bridgehead atoms. The zero-order valence-electron chi connectivity index (χ0n) is 13.3. The van der Waals surface area contributed by atoms with Crippen LogP contribution in [0.4, 0.5) is 0 Å². The molecule has 1 heterocycles. The van der Waals surface area contributed by atoms with Crippen molar-refractivity contribution in [2.45, 2.75) is 24.3 Å². The van der Waals surface area contributed by atoms with E-state index >= 15 is 0 Å². The van der Waals surface area contributed by atoms with Crippen LogP contribution in [0.25, 0.3) is 6.08 Å². The summed E-state index contributed by atoms with van der Waals surface area (Å²) in [5, 5.41) is 0. The zero-order chi connectivity index (χ0) is 16.1. The number of hydrogen-bond acceptors (Lipinski definition) is 5. The van der Waals surface area contributed by atoms with Gasteiger partial charge in [0.15, 0.2) is 0 Å². The Hall–Kier alpha value is -1.66. The summed E-state index contributed by atoms with van der Waals surface area (Å²) in [5.41, 5.74) is 6.68. The van der Waals surface area contributed by atoms with Gasteiger partial charge in [0.25, 0.3) is 0 Å². The summed E-state index contributed by atoms with van der Waals surface area (Å²) in [7, 11) is 3.31. The van der Waals surface area contributed by atoms with E-state index in [1.165, 1.54) is 0 Å². The third-order valence-corrected chi connectivity index (χ3v) is 4.49. The number of amides is 1. The summed E-state index contributed by atoms with van der Waals surface area (Å²) in [6, 6.07) is 4.07. The standard InChI is InChI=1S/C16H22N2O3S/c1-10-7-15(19)18-17-12(10)6-5-11-8-13(20-2)16(22-4)14(9-11)21-3/h5-6,8-10,12,17H,7H2,1-4H3,(H,18,19)/b6-5+. The molecular weight excluding hydrogens is 300 g/mol. The van der Waals surface area contributed by atoms with E-state index in [1.807, 2.05) is 24.5 Å². The molecule has 2 N–H and O–H groups in total. The molecule has 1 aliphatic rings. The zero-order valence-corrected chi connectivity index (χ0v) is 14.1. The van der Waals surface area contributed by atoms with Crippen molar-refractivity contribution in [1.82, 2.24) is 10.9 Å². The third kappa shape index (κ3) is 3.75. The summed E-state index contributed by atoms with van der Waals surface area (Å²) in [6.45, 7) is 2.05. The average molecular weight is 322 g/mol. The van der Waals surface area contributed by atoms with Crippen LogP contribution in [-0.2, 0) is 4.79 Å². The maximum Gasteiger partial charge on any atom is 0.234 e. The molecule has 2 rings (SSSR count). The lowest BCUT2D eigenvalue weighted by Crippen LogP contribution is -2.52. The van der Waals surface area contributed by atoms with Gasteiger partial charge in [0.05, 0.1) is 19.1 Å². The second kappa shape index (κ2) is 7.56. The van der Waals surface area contributed by atoms with E-state index in [-0.39, 0.29) is 17.9 Å². The molecular formula is C16H22N2O3S. The molecule has 1 aromatic rings. The number of methoxy groups -OCH3 is 2. The first kappa shape index (κ1) is 16.7. The van der Waals surface area contributed by atoms with Crippen molar-refractivity contribution in [3.63, 3.8) is 0 Å². The Kier molecular flexibility index (Phi) is 5.74. The number of thioether (sulfide) groups is 1. The molecule has 5 nitrogen and oxygen atoms in total. The van der Waals surface area contributed by atoms with Gasteiger partial charge in [-0.3, -0.25) is 10.2 Å². The van der Waals surface area contributed by atoms with E-state index in [0.29, 0.717) is 6.42 Å². The summed E-state index contributed by atoms with van der Waals surface area (Å²) >= 11 is 1.59. The van der Waals surface area contributed by atoms with Gasteiger partial charge >= 0.3 is 0 Å². The normalized spacial score (nSPS) is 21.7. The largest absolute Gasteiger partial charge is 0.495 e. The quantitative estimate of drug-likeness (QED) is 0.816. The van der Waals surface area contributed by atoms with Crippen LogP contribution in [0, 0.1) is 5.92 Å². The number of hydrazine groups is 1. The molecule has 0 aliphatic carbocycles. The molecule has 0 aromatic heterocycles. The average Bonchev–Trinajstić information content (AvgIpc) is 2.52. The highest BCUT2D eigenvalue weighted by atomic mass is 32.2. The van der Waals surface area contributed by atoms with Gasteiger partial charge in [-0.2, -0.15) is 0 Å². The van der Waals surface area contributed by atoms with Gasteiger partial charge in [0.1, 0.15) is 11.5 Å². The van der Waals surface area contributed by atoms with Crippen molar-refractivity contribution >= 4 is 23.7 Å². The predicted octanol–water partition coefficient (Wildman–Crippen LogP) is 2.47. The Bertz CT molecular complexity index is 550. The van der Waals surface area contributed by atoms with Crippen molar-refractivity contribution in [2.24, 2.45) is 5.92 Å². The highest BCUT2D eigenvalue weighted by Crippen LogP contribution is 2.38. The molecule has 1 aromatic carbocycles. The Morgan fingerprint density at radius 1 is 1.27 bits per heavy atom. The van der Waals surface area contributed by atoms with E-state index in [9.17, 15) is 4.79 Å². The predicted molar refractivity (Wildman–Crippen MR) is 89.2 cm³/mol. The third-order valence-electron chi connectivity index (χ3n) is 3.68. The van der Waals surface area contributed by atoms with Crippen molar-refractivity contribution in [3.8, 4) is 11.5 Å². The number of carbonyl (C=O) groups is 1. The monoisotopic (exact) mass is 322 g/mol. The van der Waals surface area contributed by atoms with Gasteiger partial charge < -0.3 is 9.47 Å². The minimum atomic E-state index is 0.0322. The Labute approximate surface area is 135 Å².